The third kappa shape index (κ3) is 5.55. The highest BCUT2D eigenvalue weighted by Gasteiger charge is 2.58. The number of hydrogen-bond acceptors (Lipinski definition) is 3. The number of hydrogen-bond donors (Lipinski definition) is 3. The van der Waals surface area contributed by atoms with E-state index in [1.165, 1.54) is 5.32 Å². The van der Waals surface area contributed by atoms with E-state index in [4.69, 9.17) is 5.11 Å². The maximum atomic E-state index is 12.5. The highest BCUT2D eigenvalue weighted by Crippen LogP contribution is 2.30. The smallest absolute Gasteiger partial charge is 0.422 e. The Labute approximate surface area is 110 Å². The summed E-state index contributed by atoms with van der Waals surface area (Å²) < 4.78 is 65.2. The topological polar surface area (TPSA) is 87.7 Å². The number of carboxylic acids is 1. The van der Waals surface area contributed by atoms with Crippen LogP contribution in [-0.4, -0.2) is 55.0 Å². The van der Waals surface area contributed by atoms with Gasteiger partial charge in [-0.25, -0.2) is 18.4 Å². The van der Waals surface area contributed by atoms with Crippen LogP contribution in [-0.2, 0) is 9.53 Å². The Bertz CT molecular complexity index is 350. The second kappa shape index (κ2) is 7.22. The molecule has 0 aliphatic rings. The first-order valence-electron chi connectivity index (χ1n) is 5.22. The minimum atomic E-state index is -5.21. The van der Waals surface area contributed by atoms with E-state index in [9.17, 15) is 31.5 Å². The highest BCUT2D eigenvalue weighted by molar-refractivity contribution is 5.86. The van der Waals surface area contributed by atoms with Crippen molar-refractivity contribution in [1.82, 2.24) is 10.6 Å². The number of carbonyl (C=O) groups is 2. The molecule has 1 atom stereocenters. The number of urea groups is 1. The van der Waals surface area contributed by atoms with Crippen LogP contribution < -0.4 is 10.6 Å². The molecule has 0 saturated heterocycles. The molecule has 20 heavy (non-hydrogen) atoms. The van der Waals surface area contributed by atoms with E-state index in [0.29, 0.717) is 0 Å². The molecule has 0 aromatic carbocycles. The van der Waals surface area contributed by atoms with E-state index >= 15 is 0 Å². The third-order valence-electron chi connectivity index (χ3n) is 2.13. The van der Waals surface area contributed by atoms with Crippen molar-refractivity contribution in [3.05, 3.63) is 0 Å². The minimum absolute atomic E-state index is 0.280. The summed E-state index contributed by atoms with van der Waals surface area (Å²) in [7, 11) is 0. The minimum Gasteiger partial charge on any atom is -0.479 e. The van der Waals surface area contributed by atoms with Crippen LogP contribution in [0, 0.1) is 0 Å². The monoisotopic (exact) mass is 308 g/mol. The van der Waals surface area contributed by atoms with Gasteiger partial charge in [0.15, 0.2) is 0 Å². The Balaban J connectivity index is 4.27. The van der Waals surface area contributed by atoms with Gasteiger partial charge in [0.25, 0.3) is 6.43 Å². The van der Waals surface area contributed by atoms with E-state index in [1.807, 2.05) is 5.32 Å². The summed E-state index contributed by atoms with van der Waals surface area (Å²) in [5.74, 6) is -2.28. The van der Waals surface area contributed by atoms with Gasteiger partial charge < -0.3 is 20.5 Å². The Kier molecular flexibility index (Phi) is 6.62. The Morgan fingerprint density at radius 1 is 1.30 bits per heavy atom. The summed E-state index contributed by atoms with van der Waals surface area (Å²) in [5.41, 5.74) is -3.46. The van der Waals surface area contributed by atoms with Crippen LogP contribution in [0.15, 0.2) is 0 Å². The van der Waals surface area contributed by atoms with Crippen LogP contribution in [0.25, 0.3) is 0 Å². The second-order valence-electron chi connectivity index (χ2n) is 3.77. The molecule has 0 radical (unpaired) electrons. The van der Waals surface area contributed by atoms with Crippen LogP contribution in [0.4, 0.5) is 26.7 Å². The van der Waals surface area contributed by atoms with Gasteiger partial charge in [0, 0.05) is 6.54 Å². The third-order valence-corrected chi connectivity index (χ3v) is 2.13. The summed E-state index contributed by atoms with van der Waals surface area (Å²) in [4.78, 5) is 21.7. The maximum absolute atomic E-state index is 12.5. The van der Waals surface area contributed by atoms with Crippen molar-refractivity contribution in [1.29, 1.82) is 0 Å². The van der Waals surface area contributed by atoms with E-state index < -0.39 is 36.7 Å². The van der Waals surface area contributed by atoms with Gasteiger partial charge in [0.2, 0.25) is 5.54 Å². The number of aliphatic carboxylic acids is 1. The zero-order chi connectivity index (χ0) is 16.0. The largest absolute Gasteiger partial charge is 0.479 e. The lowest BCUT2D eigenvalue weighted by molar-refractivity contribution is -0.203. The molecule has 6 nitrogen and oxygen atoms in total. The maximum Gasteiger partial charge on any atom is 0.422 e. The summed E-state index contributed by atoms with van der Waals surface area (Å²) >= 11 is 0. The molecule has 2 amide bonds. The zero-order valence-electron chi connectivity index (χ0n) is 10.3. The molecule has 0 aliphatic heterocycles. The van der Waals surface area contributed by atoms with Gasteiger partial charge in [-0.2, -0.15) is 13.2 Å². The molecular weight excluding hydrogens is 295 g/mol. The number of alkyl halides is 5. The van der Waals surface area contributed by atoms with Crippen LogP contribution in [0.3, 0.4) is 0 Å². The number of nitrogens with one attached hydrogen (secondary N) is 2. The molecule has 0 spiro atoms. The first kappa shape index (κ1) is 18.4. The lowest BCUT2D eigenvalue weighted by Gasteiger charge is -2.28. The van der Waals surface area contributed by atoms with Crippen molar-refractivity contribution in [2.24, 2.45) is 0 Å². The van der Waals surface area contributed by atoms with Crippen molar-refractivity contribution in [2.75, 3.05) is 19.8 Å². The summed E-state index contributed by atoms with van der Waals surface area (Å²) in [6.07, 6.45) is -7.91. The lowest BCUT2D eigenvalue weighted by atomic mass is 10.0. The van der Waals surface area contributed by atoms with E-state index in [0.717, 1.165) is 0 Å². The van der Waals surface area contributed by atoms with E-state index in [2.05, 4.69) is 4.74 Å². The van der Waals surface area contributed by atoms with Crippen molar-refractivity contribution in [2.45, 2.75) is 25.1 Å². The SMILES string of the molecule is CC(NC(=O)NCCOCC(F)F)(C(=O)O)C(F)(F)F. The standard InChI is InChI=1S/C9H13F5N2O4/c1-8(6(17)18,9(12,13)14)16-7(19)15-2-3-20-4-5(10)11/h5H,2-4H2,1H3,(H,17,18)(H2,15,16,19). The molecule has 11 heteroatoms. The van der Waals surface area contributed by atoms with Crippen LogP contribution in [0.1, 0.15) is 6.92 Å². The van der Waals surface area contributed by atoms with Crippen LogP contribution >= 0.6 is 0 Å². The average Bonchev–Trinajstić information content (AvgIpc) is 2.26. The predicted molar refractivity (Wildman–Crippen MR) is 55.5 cm³/mol. The molecule has 0 aromatic heterocycles. The molecule has 0 heterocycles. The number of carbonyl (C=O) groups excluding carboxylic acids is 1. The average molecular weight is 308 g/mol. The van der Waals surface area contributed by atoms with Crippen molar-refractivity contribution in [3.63, 3.8) is 0 Å². The highest BCUT2D eigenvalue weighted by atomic mass is 19.4. The zero-order valence-corrected chi connectivity index (χ0v) is 10.3. The molecule has 1 unspecified atom stereocenters. The first-order chi connectivity index (χ1) is 9.00. The normalized spacial score (nSPS) is 14.8. The fourth-order valence-corrected chi connectivity index (χ4v) is 0.926. The molecular formula is C9H13F5N2O4. The number of halogens is 5. The van der Waals surface area contributed by atoms with E-state index in [1.54, 1.807) is 0 Å². The predicted octanol–water partition coefficient (Wildman–Crippen LogP) is 0.973. The molecule has 118 valence electrons. The Hall–Kier alpha value is -1.65. The molecule has 0 saturated carbocycles. The Morgan fingerprint density at radius 2 is 1.85 bits per heavy atom. The number of carboxylic acid groups (broad SMARTS) is 1. The Morgan fingerprint density at radius 3 is 2.25 bits per heavy atom. The molecule has 3 N–H and O–H groups in total. The molecule has 0 bridgehead atoms. The van der Waals surface area contributed by atoms with Crippen LogP contribution in [0.2, 0.25) is 0 Å². The summed E-state index contributed by atoms with van der Waals surface area (Å²) in [6.45, 7) is -1.30. The number of ether oxygens (including phenoxy) is 1. The number of rotatable bonds is 7. The van der Waals surface area contributed by atoms with Gasteiger partial charge in [-0.05, 0) is 6.92 Å². The fraction of sp³-hybridized carbons (Fsp3) is 0.778. The van der Waals surface area contributed by atoms with E-state index in [-0.39, 0.29) is 20.1 Å². The van der Waals surface area contributed by atoms with Gasteiger partial charge in [0.1, 0.15) is 6.61 Å². The van der Waals surface area contributed by atoms with Crippen LogP contribution in [0.5, 0.6) is 0 Å². The fourth-order valence-electron chi connectivity index (χ4n) is 0.926. The molecule has 0 rings (SSSR count). The quantitative estimate of drug-likeness (QED) is 0.483. The van der Waals surface area contributed by atoms with Crippen molar-refractivity contribution < 1.29 is 41.4 Å². The van der Waals surface area contributed by atoms with Gasteiger partial charge in [-0.15, -0.1) is 0 Å². The van der Waals surface area contributed by atoms with Gasteiger partial charge in [-0.3, -0.25) is 0 Å². The molecule has 0 aliphatic carbocycles. The van der Waals surface area contributed by atoms with Gasteiger partial charge in [-0.1, -0.05) is 0 Å². The molecule has 0 fully saturated rings. The number of amides is 2. The second-order valence-corrected chi connectivity index (χ2v) is 3.77. The van der Waals surface area contributed by atoms with Gasteiger partial charge in [0.05, 0.1) is 6.61 Å². The summed E-state index contributed by atoms with van der Waals surface area (Å²) in [5, 5.41) is 11.6. The van der Waals surface area contributed by atoms with Crippen molar-refractivity contribution >= 4 is 12.0 Å². The molecule has 0 aromatic rings. The lowest BCUT2D eigenvalue weighted by Crippen LogP contribution is -2.63. The van der Waals surface area contributed by atoms with Crippen molar-refractivity contribution in [3.8, 4) is 0 Å². The summed E-state index contributed by atoms with van der Waals surface area (Å²) in [6, 6.07) is -1.41. The van der Waals surface area contributed by atoms with Gasteiger partial charge >= 0.3 is 18.2 Å². The first-order valence-corrected chi connectivity index (χ1v) is 5.22.